The van der Waals surface area contributed by atoms with Crippen molar-refractivity contribution in [3.05, 3.63) is 42.0 Å². The molecule has 0 saturated heterocycles. The standard InChI is InChI=1S/C16H19N3O2S/c1-4-11-6-5-7-14-13-9-8-12(10-15(13)17-16(11)14)18-22(20,21)19(2)3/h5-10,17-18H,4H2,1-3H3. The third kappa shape index (κ3) is 2.44. The molecule has 0 saturated carbocycles. The van der Waals surface area contributed by atoms with Crippen molar-refractivity contribution in [3.8, 4) is 0 Å². The molecule has 5 nitrogen and oxygen atoms in total. The van der Waals surface area contributed by atoms with E-state index < -0.39 is 10.2 Å². The SMILES string of the molecule is CCc1cccc2c1[nH]c1cc(NS(=O)(=O)N(C)C)ccc12. The number of H-pyrrole nitrogens is 1. The van der Waals surface area contributed by atoms with Crippen LogP contribution in [0.3, 0.4) is 0 Å². The maximum Gasteiger partial charge on any atom is 0.301 e. The Morgan fingerprint density at radius 2 is 1.91 bits per heavy atom. The molecule has 3 aromatic rings. The molecule has 0 amide bonds. The van der Waals surface area contributed by atoms with Crippen LogP contribution in [0.15, 0.2) is 36.4 Å². The first-order valence-corrected chi connectivity index (χ1v) is 8.60. The topological polar surface area (TPSA) is 65.2 Å². The van der Waals surface area contributed by atoms with Crippen LogP contribution >= 0.6 is 0 Å². The molecule has 0 aliphatic carbocycles. The third-order valence-electron chi connectivity index (χ3n) is 3.83. The molecule has 0 spiro atoms. The van der Waals surface area contributed by atoms with Gasteiger partial charge >= 0.3 is 10.2 Å². The minimum absolute atomic E-state index is 0.547. The third-order valence-corrected chi connectivity index (χ3v) is 5.28. The van der Waals surface area contributed by atoms with Crippen molar-refractivity contribution in [1.82, 2.24) is 9.29 Å². The van der Waals surface area contributed by atoms with Gasteiger partial charge in [-0.15, -0.1) is 0 Å². The van der Waals surface area contributed by atoms with Crippen LogP contribution in [0.25, 0.3) is 21.8 Å². The van der Waals surface area contributed by atoms with Gasteiger partial charge in [0, 0.05) is 35.9 Å². The van der Waals surface area contributed by atoms with E-state index in [1.165, 1.54) is 19.7 Å². The second-order valence-electron chi connectivity index (χ2n) is 5.47. The maximum atomic E-state index is 11.9. The molecule has 6 heteroatoms. The molecular weight excluding hydrogens is 298 g/mol. The van der Waals surface area contributed by atoms with E-state index in [0.717, 1.165) is 32.5 Å². The average Bonchev–Trinajstić information content (AvgIpc) is 2.84. The smallest absolute Gasteiger partial charge is 0.301 e. The molecule has 1 heterocycles. The number of hydrogen-bond acceptors (Lipinski definition) is 2. The Morgan fingerprint density at radius 1 is 1.14 bits per heavy atom. The zero-order valence-electron chi connectivity index (χ0n) is 12.8. The summed E-state index contributed by atoms with van der Waals surface area (Å²) < 4.78 is 27.5. The number of nitrogens with one attached hydrogen (secondary N) is 2. The van der Waals surface area contributed by atoms with Crippen LogP contribution in [0.2, 0.25) is 0 Å². The number of anilines is 1. The number of fused-ring (bicyclic) bond motifs is 3. The lowest BCUT2D eigenvalue weighted by Crippen LogP contribution is -2.28. The molecule has 116 valence electrons. The number of para-hydroxylation sites is 1. The first kappa shape index (κ1) is 14.9. The minimum atomic E-state index is -3.49. The van der Waals surface area contributed by atoms with Crippen molar-refractivity contribution in [2.24, 2.45) is 0 Å². The molecule has 0 atom stereocenters. The number of aromatic amines is 1. The largest absolute Gasteiger partial charge is 0.354 e. The molecule has 0 aliphatic rings. The number of aromatic nitrogens is 1. The van der Waals surface area contributed by atoms with E-state index in [1.807, 2.05) is 12.1 Å². The van der Waals surface area contributed by atoms with E-state index in [4.69, 9.17) is 0 Å². The Labute approximate surface area is 130 Å². The van der Waals surface area contributed by atoms with Gasteiger partial charge in [-0.05, 0) is 24.1 Å². The average molecular weight is 317 g/mol. The summed E-state index contributed by atoms with van der Waals surface area (Å²) in [6, 6.07) is 11.8. The van der Waals surface area contributed by atoms with Crippen molar-refractivity contribution in [2.45, 2.75) is 13.3 Å². The highest BCUT2D eigenvalue weighted by atomic mass is 32.2. The van der Waals surface area contributed by atoms with Crippen LogP contribution in [-0.2, 0) is 16.6 Å². The van der Waals surface area contributed by atoms with Gasteiger partial charge < -0.3 is 4.98 Å². The second kappa shape index (κ2) is 5.30. The van der Waals surface area contributed by atoms with Crippen LogP contribution in [0.4, 0.5) is 5.69 Å². The summed E-state index contributed by atoms with van der Waals surface area (Å²) in [5.74, 6) is 0. The minimum Gasteiger partial charge on any atom is -0.354 e. The van der Waals surface area contributed by atoms with Crippen molar-refractivity contribution in [3.63, 3.8) is 0 Å². The molecule has 1 aromatic heterocycles. The molecule has 22 heavy (non-hydrogen) atoms. The Morgan fingerprint density at radius 3 is 2.59 bits per heavy atom. The van der Waals surface area contributed by atoms with Crippen molar-refractivity contribution in [1.29, 1.82) is 0 Å². The van der Waals surface area contributed by atoms with Gasteiger partial charge in [0.05, 0.1) is 5.69 Å². The fourth-order valence-corrected chi connectivity index (χ4v) is 3.20. The summed E-state index contributed by atoms with van der Waals surface area (Å²) in [5, 5.41) is 2.26. The van der Waals surface area contributed by atoms with Gasteiger partial charge in [0.2, 0.25) is 0 Å². The second-order valence-corrected chi connectivity index (χ2v) is 7.35. The first-order valence-electron chi connectivity index (χ1n) is 7.16. The molecule has 0 bridgehead atoms. The van der Waals surface area contributed by atoms with Gasteiger partial charge in [0.25, 0.3) is 0 Å². The summed E-state index contributed by atoms with van der Waals surface area (Å²) in [7, 11) is -0.499. The van der Waals surface area contributed by atoms with Crippen LogP contribution in [0.1, 0.15) is 12.5 Å². The lowest BCUT2D eigenvalue weighted by Gasteiger charge is -2.13. The number of rotatable bonds is 4. The molecule has 2 aromatic carbocycles. The van der Waals surface area contributed by atoms with E-state index >= 15 is 0 Å². The first-order chi connectivity index (χ1) is 10.4. The van der Waals surface area contributed by atoms with Gasteiger partial charge in [-0.3, -0.25) is 4.72 Å². The molecule has 0 aliphatic heterocycles. The number of aryl methyl sites for hydroxylation is 1. The zero-order chi connectivity index (χ0) is 15.9. The predicted octanol–water partition coefficient (Wildman–Crippen LogP) is 3.10. The molecule has 3 rings (SSSR count). The van der Waals surface area contributed by atoms with Gasteiger partial charge in [-0.1, -0.05) is 31.2 Å². The summed E-state index contributed by atoms with van der Waals surface area (Å²) >= 11 is 0. The van der Waals surface area contributed by atoms with Crippen molar-refractivity contribution < 1.29 is 8.42 Å². The van der Waals surface area contributed by atoms with E-state index in [1.54, 1.807) is 6.07 Å². The van der Waals surface area contributed by atoms with E-state index in [2.05, 4.69) is 34.8 Å². The Bertz CT molecular complexity index is 943. The Kier molecular flexibility index (Phi) is 3.58. The molecule has 2 N–H and O–H groups in total. The van der Waals surface area contributed by atoms with E-state index in [-0.39, 0.29) is 0 Å². The summed E-state index contributed by atoms with van der Waals surface area (Å²) in [5.41, 5.74) is 3.84. The van der Waals surface area contributed by atoms with Gasteiger partial charge in [0.1, 0.15) is 0 Å². The van der Waals surface area contributed by atoms with Crippen LogP contribution in [-0.4, -0.2) is 31.8 Å². The van der Waals surface area contributed by atoms with Crippen LogP contribution < -0.4 is 4.72 Å². The van der Waals surface area contributed by atoms with Crippen LogP contribution in [0.5, 0.6) is 0 Å². The quantitative estimate of drug-likeness (QED) is 0.776. The number of benzene rings is 2. The highest BCUT2D eigenvalue weighted by Gasteiger charge is 2.14. The van der Waals surface area contributed by atoms with E-state index in [9.17, 15) is 8.42 Å². The highest BCUT2D eigenvalue weighted by Crippen LogP contribution is 2.30. The van der Waals surface area contributed by atoms with E-state index in [0.29, 0.717) is 5.69 Å². The predicted molar refractivity (Wildman–Crippen MR) is 91.4 cm³/mol. The molecular formula is C16H19N3O2S. The van der Waals surface area contributed by atoms with Crippen LogP contribution in [0, 0.1) is 0 Å². The number of hydrogen-bond donors (Lipinski definition) is 2. The lowest BCUT2D eigenvalue weighted by molar-refractivity contribution is 0.527. The fourth-order valence-electron chi connectivity index (χ4n) is 2.59. The highest BCUT2D eigenvalue weighted by molar-refractivity contribution is 7.90. The Hall–Kier alpha value is -2.05. The van der Waals surface area contributed by atoms with Gasteiger partial charge in [-0.2, -0.15) is 12.7 Å². The van der Waals surface area contributed by atoms with Gasteiger partial charge in [-0.25, -0.2) is 0 Å². The molecule has 0 unspecified atom stereocenters. The zero-order valence-corrected chi connectivity index (χ0v) is 13.7. The summed E-state index contributed by atoms with van der Waals surface area (Å²) in [6.07, 6.45) is 0.949. The van der Waals surface area contributed by atoms with Gasteiger partial charge in [0.15, 0.2) is 0 Å². The van der Waals surface area contributed by atoms with Crippen molar-refractivity contribution >= 4 is 37.7 Å². The monoisotopic (exact) mass is 317 g/mol. The van der Waals surface area contributed by atoms with Crippen molar-refractivity contribution in [2.75, 3.05) is 18.8 Å². The maximum absolute atomic E-state index is 11.9. The number of nitrogens with zero attached hydrogens (tertiary/aromatic N) is 1. The Balaban J connectivity index is 2.13. The lowest BCUT2D eigenvalue weighted by atomic mass is 10.1. The normalized spacial score (nSPS) is 12.4. The molecule has 0 fully saturated rings. The molecule has 0 radical (unpaired) electrons. The fraction of sp³-hybridized carbons (Fsp3) is 0.250. The summed E-state index contributed by atoms with van der Waals surface area (Å²) in [6.45, 7) is 2.12. The summed E-state index contributed by atoms with van der Waals surface area (Å²) in [4.78, 5) is 3.40.